The molecule has 22 heavy (non-hydrogen) atoms. The van der Waals surface area contributed by atoms with Crippen molar-refractivity contribution in [2.45, 2.75) is 44.7 Å². The first-order valence-electron chi connectivity index (χ1n) is 8.25. The molecule has 3 atom stereocenters. The van der Waals surface area contributed by atoms with Crippen molar-refractivity contribution in [3.8, 4) is 5.75 Å². The molecule has 0 aromatic heterocycles. The van der Waals surface area contributed by atoms with Gasteiger partial charge in [0.2, 0.25) is 0 Å². The standard InChI is InChI=1S/C17H25N3O2/c1-2-10-20-11-9-12-3-8-15(16(12)20)19-17(21)22-14-6-4-13(18)5-7-14/h4-7,12,15-16H,2-3,8-11,18H2,1H3,(H,19,21)/t12-,15+,16+/m1/s1. The second kappa shape index (κ2) is 6.57. The lowest BCUT2D eigenvalue weighted by atomic mass is 10.0. The number of likely N-dealkylation sites (tertiary alicyclic amines) is 1. The summed E-state index contributed by atoms with van der Waals surface area (Å²) in [6, 6.07) is 7.58. The van der Waals surface area contributed by atoms with Crippen LogP contribution in [0.2, 0.25) is 0 Å². The highest BCUT2D eigenvalue weighted by molar-refractivity contribution is 5.71. The van der Waals surface area contributed by atoms with E-state index < -0.39 is 0 Å². The van der Waals surface area contributed by atoms with Crippen LogP contribution in [0.3, 0.4) is 0 Å². The van der Waals surface area contributed by atoms with Gasteiger partial charge in [0.1, 0.15) is 5.75 Å². The summed E-state index contributed by atoms with van der Waals surface area (Å²) < 4.78 is 5.35. The van der Waals surface area contributed by atoms with Gasteiger partial charge in [-0.15, -0.1) is 0 Å². The van der Waals surface area contributed by atoms with Crippen LogP contribution in [0, 0.1) is 5.92 Å². The minimum atomic E-state index is -0.362. The molecule has 0 unspecified atom stereocenters. The molecule has 0 radical (unpaired) electrons. The number of fused-ring (bicyclic) bond motifs is 1. The Kier molecular flexibility index (Phi) is 4.52. The molecule has 1 aromatic rings. The maximum Gasteiger partial charge on any atom is 0.412 e. The average Bonchev–Trinajstić information content (AvgIpc) is 3.06. The fourth-order valence-electron chi connectivity index (χ4n) is 3.94. The number of amides is 1. The van der Waals surface area contributed by atoms with Crippen molar-refractivity contribution in [3.63, 3.8) is 0 Å². The zero-order valence-electron chi connectivity index (χ0n) is 13.1. The lowest BCUT2D eigenvalue weighted by Crippen LogP contribution is -2.48. The molecule has 3 N–H and O–H groups in total. The van der Waals surface area contributed by atoms with Crippen molar-refractivity contribution in [2.24, 2.45) is 5.92 Å². The Bertz CT molecular complexity index is 515. The van der Waals surface area contributed by atoms with E-state index in [0.717, 1.165) is 31.8 Å². The molecular weight excluding hydrogens is 278 g/mol. The van der Waals surface area contributed by atoms with Gasteiger partial charge in [0, 0.05) is 17.8 Å². The van der Waals surface area contributed by atoms with Gasteiger partial charge in [0.15, 0.2) is 0 Å². The van der Waals surface area contributed by atoms with Crippen molar-refractivity contribution >= 4 is 11.8 Å². The molecule has 3 rings (SSSR count). The number of nitrogens with zero attached hydrogens (tertiary/aromatic N) is 1. The molecule has 1 aliphatic heterocycles. The van der Waals surface area contributed by atoms with E-state index in [1.165, 1.54) is 12.8 Å². The minimum absolute atomic E-state index is 0.209. The van der Waals surface area contributed by atoms with E-state index in [9.17, 15) is 4.79 Å². The third-order valence-corrected chi connectivity index (χ3v) is 4.86. The minimum Gasteiger partial charge on any atom is -0.410 e. The van der Waals surface area contributed by atoms with Crippen molar-refractivity contribution in [2.75, 3.05) is 18.8 Å². The van der Waals surface area contributed by atoms with E-state index >= 15 is 0 Å². The summed E-state index contributed by atoms with van der Waals surface area (Å²) in [6.07, 6.45) is 4.31. The van der Waals surface area contributed by atoms with E-state index in [-0.39, 0.29) is 12.1 Å². The smallest absolute Gasteiger partial charge is 0.410 e. The predicted molar refractivity (Wildman–Crippen MR) is 86.8 cm³/mol. The number of carbonyl (C=O) groups is 1. The summed E-state index contributed by atoms with van der Waals surface area (Å²) in [7, 11) is 0. The van der Waals surface area contributed by atoms with Crippen LogP contribution in [0.15, 0.2) is 24.3 Å². The van der Waals surface area contributed by atoms with Gasteiger partial charge >= 0.3 is 6.09 Å². The van der Waals surface area contributed by atoms with Gasteiger partial charge < -0.3 is 15.8 Å². The SMILES string of the molecule is CCCN1CC[C@H]2CC[C@H](NC(=O)Oc3ccc(N)cc3)[C@H]21. The van der Waals surface area contributed by atoms with Gasteiger partial charge in [-0.25, -0.2) is 4.79 Å². The molecule has 1 saturated heterocycles. The number of benzene rings is 1. The van der Waals surface area contributed by atoms with Crippen LogP contribution in [-0.2, 0) is 0 Å². The summed E-state index contributed by atoms with van der Waals surface area (Å²) in [4.78, 5) is 14.7. The van der Waals surface area contributed by atoms with Crippen LogP contribution in [0.25, 0.3) is 0 Å². The number of nitrogens with one attached hydrogen (secondary N) is 1. The van der Waals surface area contributed by atoms with Crippen molar-refractivity contribution < 1.29 is 9.53 Å². The molecule has 2 aliphatic rings. The van der Waals surface area contributed by atoms with Crippen LogP contribution in [0.5, 0.6) is 5.75 Å². The molecule has 1 heterocycles. The van der Waals surface area contributed by atoms with E-state index in [2.05, 4.69) is 17.1 Å². The third kappa shape index (κ3) is 3.19. The molecular formula is C17H25N3O2. The number of rotatable bonds is 4. The normalized spacial score (nSPS) is 27.6. The molecule has 1 aliphatic carbocycles. The highest BCUT2D eigenvalue weighted by Gasteiger charge is 2.44. The molecule has 5 nitrogen and oxygen atoms in total. The molecule has 0 bridgehead atoms. The van der Waals surface area contributed by atoms with E-state index in [0.29, 0.717) is 17.5 Å². The van der Waals surface area contributed by atoms with Crippen LogP contribution in [0.1, 0.15) is 32.6 Å². The summed E-state index contributed by atoms with van der Waals surface area (Å²) in [5, 5.41) is 3.07. The van der Waals surface area contributed by atoms with E-state index in [1.807, 2.05) is 0 Å². The van der Waals surface area contributed by atoms with Gasteiger partial charge in [-0.1, -0.05) is 6.92 Å². The van der Waals surface area contributed by atoms with E-state index in [1.54, 1.807) is 24.3 Å². The molecule has 1 saturated carbocycles. The number of hydrogen-bond donors (Lipinski definition) is 2. The highest BCUT2D eigenvalue weighted by Crippen LogP contribution is 2.38. The Hall–Kier alpha value is -1.75. The Balaban J connectivity index is 1.58. The lowest BCUT2D eigenvalue weighted by molar-refractivity contribution is 0.175. The van der Waals surface area contributed by atoms with Crippen molar-refractivity contribution in [1.29, 1.82) is 0 Å². The Morgan fingerprint density at radius 1 is 1.32 bits per heavy atom. The van der Waals surface area contributed by atoms with Gasteiger partial charge in [-0.3, -0.25) is 4.90 Å². The number of nitrogen functional groups attached to an aromatic ring is 1. The first kappa shape index (κ1) is 15.2. The summed E-state index contributed by atoms with van der Waals surface area (Å²) in [5.74, 6) is 1.26. The van der Waals surface area contributed by atoms with Gasteiger partial charge in [-0.05, 0) is 69.0 Å². The number of anilines is 1. The zero-order chi connectivity index (χ0) is 15.5. The molecule has 120 valence electrons. The first-order chi connectivity index (χ1) is 10.7. The van der Waals surface area contributed by atoms with Gasteiger partial charge in [-0.2, -0.15) is 0 Å². The summed E-state index contributed by atoms with van der Waals surface area (Å²) in [5.41, 5.74) is 6.29. The van der Waals surface area contributed by atoms with Crippen LogP contribution >= 0.6 is 0 Å². The van der Waals surface area contributed by atoms with E-state index in [4.69, 9.17) is 10.5 Å². The predicted octanol–water partition coefficient (Wildman–Crippen LogP) is 2.62. The molecule has 1 amide bonds. The second-order valence-corrected chi connectivity index (χ2v) is 6.36. The first-order valence-corrected chi connectivity index (χ1v) is 8.25. The summed E-state index contributed by atoms with van der Waals surface area (Å²) >= 11 is 0. The Labute approximate surface area is 131 Å². The van der Waals surface area contributed by atoms with Crippen molar-refractivity contribution in [1.82, 2.24) is 10.2 Å². The average molecular weight is 303 g/mol. The number of carbonyl (C=O) groups excluding carboxylic acids is 1. The fourth-order valence-corrected chi connectivity index (χ4v) is 3.94. The Morgan fingerprint density at radius 2 is 2.09 bits per heavy atom. The number of hydrogen-bond acceptors (Lipinski definition) is 4. The topological polar surface area (TPSA) is 67.6 Å². The molecule has 5 heteroatoms. The van der Waals surface area contributed by atoms with Crippen LogP contribution in [-0.4, -0.2) is 36.2 Å². The Morgan fingerprint density at radius 3 is 2.82 bits per heavy atom. The van der Waals surface area contributed by atoms with Crippen LogP contribution < -0.4 is 15.8 Å². The quantitative estimate of drug-likeness (QED) is 0.839. The molecule has 2 fully saturated rings. The maximum atomic E-state index is 12.1. The summed E-state index contributed by atoms with van der Waals surface area (Å²) in [6.45, 7) is 4.49. The number of ether oxygens (including phenoxy) is 1. The number of nitrogens with two attached hydrogens (primary N) is 1. The third-order valence-electron chi connectivity index (χ3n) is 4.86. The fraction of sp³-hybridized carbons (Fsp3) is 0.588. The highest BCUT2D eigenvalue weighted by atomic mass is 16.6. The van der Waals surface area contributed by atoms with Crippen LogP contribution in [0.4, 0.5) is 10.5 Å². The van der Waals surface area contributed by atoms with Crippen molar-refractivity contribution in [3.05, 3.63) is 24.3 Å². The van der Waals surface area contributed by atoms with Gasteiger partial charge in [0.25, 0.3) is 0 Å². The monoisotopic (exact) mass is 303 g/mol. The second-order valence-electron chi connectivity index (χ2n) is 6.36. The lowest BCUT2D eigenvalue weighted by Gasteiger charge is -2.29. The molecule has 0 spiro atoms. The maximum absolute atomic E-state index is 12.1. The molecule has 1 aromatic carbocycles. The van der Waals surface area contributed by atoms with Gasteiger partial charge in [0.05, 0.1) is 0 Å². The largest absolute Gasteiger partial charge is 0.412 e. The zero-order valence-corrected chi connectivity index (χ0v) is 13.1.